The van der Waals surface area contributed by atoms with Gasteiger partial charge in [0.15, 0.2) is 24.1 Å². The molecule has 55 heavy (non-hydrogen) atoms. The number of aliphatic hydroxyl groups is 2. The van der Waals surface area contributed by atoms with E-state index < -0.39 is 102 Å². The zero-order valence-electron chi connectivity index (χ0n) is 34.2. The predicted molar refractivity (Wildman–Crippen MR) is 199 cm³/mol. The minimum atomic E-state index is -1.73. The minimum absolute atomic E-state index is 0.0571. The lowest BCUT2D eigenvalue weighted by atomic mass is 9.72. The molecule has 15 nitrogen and oxygen atoms in total. The van der Waals surface area contributed by atoms with Gasteiger partial charge in [-0.25, -0.2) is 9.59 Å². The molecular weight excluding hydrogens is 716 g/mol. The fraction of sp³-hybridized carbons (Fsp3) is 0.775. The van der Waals surface area contributed by atoms with E-state index in [9.17, 15) is 24.6 Å². The largest absolute Gasteiger partial charge is 0.509 e. The topological polar surface area (TPSA) is 195 Å². The van der Waals surface area contributed by atoms with Gasteiger partial charge in [-0.2, -0.15) is 0 Å². The Kier molecular flexibility index (Phi) is 15.1. The Morgan fingerprint density at radius 3 is 2.31 bits per heavy atom. The molecule has 1 aromatic rings. The Hall–Kier alpha value is -2.89. The number of esters is 2. The summed E-state index contributed by atoms with van der Waals surface area (Å²) in [6.45, 7) is 13.7. The SMILES string of the molecule is CCC1OC(=O)[C@H](C)[C@@H](OC(=O)C(OCOC)c2ccccc2)[C@H](C)[C@@H](O[C@@H]2O[C@H](C)C[C@H](N(C)C)[C@H]2O)[C@@](C)(O)C[C@@H](C)[C@H](N)[C@@H](C)[C@H]2OC(=O)O[C@]12C. The maximum absolute atomic E-state index is 14.3. The molecule has 3 aliphatic heterocycles. The number of cyclic esters (lactones) is 1. The van der Waals surface area contributed by atoms with Gasteiger partial charge in [-0.05, 0) is 72.5 Å². The smallest absolute Gasteiger partial charge is 0.459 e. The molecule has 0 spiro atoms. The van der Waals surface area contributed by atoms with Gasteiger partial charge in [0, 0.05) is 31.0 Å². The van der Waals surface area contributed by atoms with Gasteiger partial charge in [0.05, 0.1) is 23.7 Å². The van der Waals surface area contributed by atoms with E-state index in [1.165, 1.54) is 7.11 Å². The van der Waals surface area contributed by atoms with E-state index in [0.29, 0.717) is 12.0 Å². The van der Waals surface area contributed by atoms with E-state index in [0.717, 1.165) is 0 Å². The quantitative estimate of drug-likeness (QED) is 0.177. The lowest BCUT2D eigenvalue weighted by molar-refractivity contribution is -0.300. The fourth-order valence-corrected chi connectivity index (χ4v) is 8.71. The highest BCUT2D eigenvalue weighted by atomic mass is 16.8. The predicted octanol–water partition coefficient (Wildman–Crippen LogP) is 3.71. The number of methoxy groups -OCH3 is 1. The fourth-order valence-electron chi connectivity index (χ4n) is 8.71. The van der Waals surface area contributed by atoms with Crippen LogP contribution in [0, 0.1) is 23.7 Å². The molecule has 3 fully saturated rings. The van der Waals surface area contributed by atoms with Crippen molar-refractivity contribution in [2.45, 2.75) is 147 Å². The second-order valence-electron chi connectivity index (χ2n) is 16.4. The van der Waals surface area contributed by atoms with Crippen molar-refractivity contribution in [2.75, 3.05) is 28.0 Å². The first-order chi connectivity index (χ1) is 25.8. The van der Waals surface area contributed by atoms with E-state index in [4.69, 9.17) is 43.6 Å². The van der Waals surface area contributed by atoms with Gasteiger partial charge in [0.2, 0.25) is 0 Å². The third-order valence-electron chi connectivity index (χ3n) is 11.8. The summed E-state index contributed by atoms with van der Waals surface area (Å²) < 4.78 is 47.7. The number of hydrogen-bond acceptors (Lipinski definition) is 15. The first-order valence-corrected chi connectivity index (χ1v) is 19.4. The summed E-state index contributed by atoms with van der Waals surface area (Å²) in [5.74, 6) is -4.61. The third-order valence-corrected chi connectivity index (χ3v) is 11.8. The van der Waals surface area contributed by atoms with E-state index >= 15 is 0 Å². The number of likely N-dealkylation sites (N-methyl/N-ethyl adjacent to an activating group) is 1. The van der Waals surface area contributed by atoms with Crippen LogP contribution in [0.1, 0.15) is 86.3 Å². The molecule has 15 heteroatoms. The average Bonchev–Trinajstić information content (AvgIpc) is 3.45. The van der Waals surface area contributed by atoms with E-state index in [1.807, 2.05) is 39.8 Å². The second-order valence-corrected chi connectivity index (χ2v) is 16.4. The number of hydrogen-bond donors (Lipinski definition) is 3. The summed E-state index contributed by atoms with van der Waals surface area (Å²) in [4.78, 5) is 43.2. The van der Waals surface area contributed by atoms with Crippen molar-refractivity contribution in [3.8, 4) is 0 Å². The minimum Gasteiger partial charge on any atom is -0.459 e. The van der Waals surface area contributed by atoms with Gasteiger partial charge >= 0.3 is 18.1 Å². The van der Waals surface area contributed by atoms with Crippen LogP contribution in [0.3, 0.4) is 0 Å². The zero-order chi connectivity index (χ0) is 41.0. The van der Waals surface area contributed by atoms with Crippen molar-refractivity contribution in [3.63, 3.8) is 0 Å². The maximum atomic E-state index is 14.3. The Balaban J connectivity index is 1.85. The van der Waals surface area contributed by atoms with Crippen LogP contribution in [0.2, 0.25) is 0 Å². The Labute approximate surface area is 325 Å². The number of benzene rings is 1. The normalized spacial score (nSPS) is 41.0. The second kappa shape index (κ2) is 18.6. The molecule has 1 aromatic carbocycles. The molecule has 0 aromatic heterocycles. The highest BCUT2D eigenvalue weighted by Gasteiger charge is 2.59. The number of carbonyl (C=O) groups excluding carboxylic acids is 3. The van der Waals surface area contributed by atoms with Crippen molar-refractivity contribution in [3.05, 3.63) is 35.9 Å². The highest BCUT2D eigenvalue weighted by molar-refractivity contribution is 5.78. The van der Waals surface area contributed by atoms with Gasteiger partial charge in [0.1, 0.15) is 25.1 Å². The first kappa shape index (κ1) is 44.8. The van der Waals surface area contributed by atoms with Gasteiger partial charge in [0.25, 0.3) is 0 Å². The van der Waals surface area contributed by atoms with Crippen LogP contribution in [-0.2, 0) is 47.5 Å². The molecule has 16 atom stereocenters. The maximum Gasteiger partial charge on any atom is 0.509 e. The zero-order valence-corrected chi connectivity index (χ0v) is 34.2. The molecule has 4 rings (SSSR count). The summed E-state index contributed by atoms with van der Waals surface area (Å²) in [6.07, 6.45) is -8.31. The number of rotatable bonds is 10. The lowest BCUT2D eigenvalue weighted by Gasteiger charge is -2.48. The molecule has 312 valence electrons. The number of nitrogens with zero attached hydrogens (tertiary/aromatic N) is 1. The van der Waals surface area contributed by atoms with Crippen LogP contribution in [-0.4, -0.2) is 127 Å². The summed E-state index contributed by atoms with van der Waals surface area (Å²) in [7, 11) is 5.13. The van der Waals surface area contributed by atoms with Crippen molar-refractivity contribution >= 4 is 18.1 Å². The molecule has 4 N–H and O–H groups in total. The van der Waals surface area contributed by atoms with Crippen molar-refractivity contribution < 1.29 is 62.5 Å². The lowest BCUT2D eigenvalue weighted by Crippen LogP contribution is -2.60. The number of carbonyl (C=O) groups is 3. The molecule has 3 saturated heterocycles. The van der Waals surface area contributed by atoms with E-state index in [1.54, 1.807) is 65.0 Å². The monoisotopic (exact) mass is 780 g/mol. The Morgan fingerprint density at radius 1 is 1.05 bits per heavy atom. The summed E-state index contributed by atoms with van der Waals surface area (Å²) >= 11 is 0. The highest BCUT2D eigenvalue weighted by Crippen LogP contribution is 2.43. The van der Waals surface area contributed by atoms with Crippen molar-refractivity contribution in [1.29, 1.82) is 0 Å². The van der Waals surface area contributed by atoms with E-state index in [-0.39, 0.29) is 31.8 Å². The first-order valence-electron chi connectivity index (χ1n) is 19.4. The molecular formula is C40H64N2O13. The molecule has 3 heterocycles. The molecule has 0 radical (unpaired) electrons. The van der Waals surface area contributed by atoms with Crippen LogP contribution in [0.15, 0.2) is 30.3 Å². The molecule has 0 aliphatic carbocycles. The van der Waals surface area contributed by atoms with Crippen LogP contribution >= 0.6 is 0 Å². The summed E-state index contributed by atoms with van der Waals surface area (Å²) in [5, 5.41) is 24.1. The van der Waals surface area contributed by atoms with Crippen LogP contribution in [0.5, 0.6) is 0 Å². The summed E-state index contributed by atoms with van der Waals surface area (Å²) in [6, 6.07) is 7.73. The third kappa shape index (κ3) is 9.98. The molecule has 2 unspecified atom stereocenters. The van der Waals surface area contributed by atoms with Gasteiger partial charge in [-0.1, -0.05) is 58.0 Å². The number of fused-ring (bicyclic) bond motifs is 1. The van der Waals surface area contributed by atoms with Crippen molar-refractivity contribution in [1.82, 2.24) is 4.90 Å². The van der Waals surface area contributed by atoms with Crippen LogP contribution in [0.25, 0.3) is 0 Å². The van der Waals surface area contributed by atoms with Crippen LogP contribution < -0.4 is 5.73 Å². The molecule has 0 amide bonds. The van der Waals surface area contributed by atoms with Crippen molar-refractivity contribution in [2.24, 2.45) is 29.4 Å². The van der Waals surface area contributed by atoms with Gasteiger partial charge in [-0.15, -0.1) is 0 Å². The van der Waals surface area contributed by atoms with E-state index in [2.05, 4.69) is 0 Å². The molecule has 0 saturated carbocycles. The average molecular weight is 781 g/mol. The van der Waals surface area contributed by atoms with Gasteiger partial charge < -0.3 is 58.7 Å². The standard InChI is InChI=1S/C40H64N2O13/c1-12-28-40(8)34(54-38(46)55-40)23(4)29(41)21(2)19-39(7,47)33(53-37-30(43)27(42(9)10)18-22(3)50-37)24(5)31(25(6)35(44)51-28)52-36(45)32(49-20-48-11)26-16-14-13-15-17-26/h13-17,21-25,27-34,37,43,47H,12,18-20,41H2,1-11H3/t21-,22-,23-,24+,25-,27+,28?,29+,30-,31+,32?,33-,34-,37+,39+,40-/m1/s1. The Bertz CT molecular complexity index is 1430. The number of nitrogens with two attached hydrogens (primary N) is 1. The number of ether oxygens (including phenoxy) is 8. The molecule has 3 aliphatic rings. The number of aliphatic hydroxyl groups excluding tert-OH is 1. The van der Waals surface area contributed by atoms with Gasteiger partial charge in [-0.3, -0.25) is 4.79 Å². The van der Waals surface area contributed by atoms with Crippen LogP contribution in [0.4, 0.5) is 4.79 Å². The Morgan fingerprint density at radius 2 is 1.71 bits per heavy atom. The molecule has 0 bridgehead atoms. The summed E-state index contributed by atoms with van der Waals surface area (Å²) in [5.41, 5.74) is 4.25.